The van der Waals surface area contributed by atoms with Gasteiger partial charge in [0.25, 0.3) is 0 Å². The van der Waals surface area contributed by atoms with Crippen molar-refractivity contribution in [2.75, 3.05) is 13.6 Å². The average molecular weight is 256 g/mol. The fourth-order valence-corrected chi connectivity index (χ4v) is 2.21. The van der Waals surface area contributed by atoms with Crippen LogP contribution in [0.1, 0.15) is 25.8 Å². The predicted octanol–water partition coefficient (Wildman–Crippen LogP) is 3.40. The highest BCUT2D eigenvalue weighted by atomic mass is 15.1. The van der Waals surface area contributed by atoms with E-state index in [2.05, 4.69) is 68.3 Å². The molecule has 2 aromatic carbocycles. The number of hydrogen-bond donors (Lipinski definition) is 1. The first-order chi connectivity index (χ1) is 8.94. The van der Waals surface area contributed by atoms with Crippen molar-refractivity contribution in [2.45, 2.75) is 32.4 Å². The van der Waals surface area contributed by atoms with Crippen molar-refractivity contribution in [1.82, 2.24) is 4.90 Å². The Morgan fingerprint density at radius 1 is 1.05 bits per heavy atom. The summed E-state index contributed by atoms with van der Waals surface area (Å²) >= 11 is 0. The number of rotatable bonds is 5. The molecule has 0 atom stereocenters. The molecule has 0 bridgehead atoms. The minimum atomic E-state index is -0.0857. The Bertz CT molecular complexity index is 540. The van der Waals surface area contributed by atoms with Crippen molar-refractivity contribution in [3.05, 3.63) is 48.0 Å². The van der Waals surface area contributed by atoms with E-state index in [-0.39, 0.29) is 5.54 Å². The van der Waals surface area contributed by atoms with Gasteiger partial charge < -0.3 is 10.6 Å². The van der Waals surface area contributed by atoms with Gasteiger partial charge in [-0.1, -0.05) is 36.4 Å². The van der Waals surface area contributed by atoms with Gasteiger partial charge in [0.1, 0.15) is 0 Å². The monoisotopic (exact) mass is 256 g/mol. The lowest BCUT2D eigenvalue weighted by Crippen LogP contribution is -2.36. The molecule has 102 valence electrons. The summed E-state index contributed by atoms with van der Waals surface area (Å²) in [5.41, 5.74) is 7.30. The summed E-state index contributed by atoms with van der Waals surface area (Å²) in [6.07, 6.45) is 1.01. The molecule has 0 saturated heterocycles. The molecule has 0 saturated carbocycles. The Morgan fingerprint density at radius 3 is 2.42 bits per heavy atom. The molecular formula is C17H24N2. The molecular weight excluding hydrogens is 232 g/mol. The second kappa shape index (κ2) is 5.72. The van der Waals surface area contributed by atoms with Crippen molar-refractivity contribution < 1.29 is 0 Å². The average Bonchev–Trinajstić information content (AvgIpc) is 2.35. The highest BCUT2D eigenvalue weighted by molar-refractivity contribution is 5.82. The largest absolute Gasteiger partial charge is 0.326 e. The second-order valence-corrected chi connectivity index (χ2v) is 6.16. The van der Waals surface area contributed by atoms with Crippen LogP contribution in [0.5, 0.6) is 0 Å². The lowest BCUT2D eigenvalue weighted by atomic mass is 10.0. The first-order valence-electron chi connectivity index (χ1n) is 6.89. The molecule has 2 nitrogen and oxygen atoms in total. The molecule has 2 N–H and O–H groups in total. The summed E-state index contributed by atoms with van der Waals surface area (Å²) in [6.45, 7) is 6.16. The molecule has 2 heteroatoms. The zero-order valence-electron chi connectivity index (χ0n) is 12.2. The number of fused-ring (bicyclic) bond motifs is 1. The van der Waals surface area contributed by atoms with Crippen molar-refractivity contribution >= 4 is 10.8 Å². The summed E-state index contributed by atoms with van der Waals surface area (Å²) in [5.74, 6) is 0. The lowest BCUT2D eigenvalue weighted by Gasteiger charge is -2.23. The Kier molecular flexibility index (Phi) is 4.23. The Hall–Kier alpha value is -1.38. The van der Waals surface area contributed by atoms with Crippen molar-refractivity contribution in [3.8, 4) is 0 Å². The van der Waals surface area contributed by atoms with Gasteiger partial charge in [-0.15, -0.1) is 0 Å². The van der Waals surface area contributed by atoms with Crippen LogP contribution in [0.25, 0.3) is 10.8 Å². The number of benzene rings is 2. The number of hydrogen-bond acceptors (Lipinski definition) is 2. The quantitative estimate of drug-likeness (QED) is 0.888. The minimum absolute atomic E-state index is 0.0857. The fourth-order valence-electron chi connectivity index (χ4n) is 2.21. The van der Waals surface area contributed by atoms with Gasteiger partial charge >= 0.3 is 0 Å². The van der Waals surface area contributed by atoms with Crippen LogP contribution in [0.3, 0.4) is 0 Å². The first-order valence-corrected chi connectivity index (χ1v) is 6.89. The lowest BCUT2D eigenvalue weighted by molar-refractivity contribution is 0.289. The Labute approximate surface area is 116 Å². The van der Waals surface area contributed by atoms with Gasteiger partial charge in [0, 0.05) is 12.1 Å². The molecule has 0 unspecified atom stereocenters. The van der Waals surface area contributed by atoms with E-state index in [0.717, 1.165) is 19.5 Å². The molecule has 0 heterocycles. The molecule has 0 aliphatic heterocycles. The van der Waals surface area contributed by atoms with Crippen LogP contribution in [-0.4, -0.2) is 24.0 Å². The molecule has 0 spiro atoms. The van der Waals surface area contributed by atoms with Crippen molar-refractivity contribution in [2.24, 2.45) is 5.73 Å². The van der Waals surface area contributed by atoms with E-state index in [4.69, 9.17) is 5.73 Å². The van der Waals surface area contributed by atoms with E-state index >= 15 is 0 Å². The topological polar surface area (TPSA) is 29.3 Å². The van der Waals surface area contributed by atoms with Crippen molar-refractivity contribution in [3.63, 3.8) is 0 Å². The van der Waals surface area contributed by atoms with E-state index in [1.165, 1.54) is 16.3 Å². The van der Waals surface area contributed by atoms with Crippen LogP contribution in [0.15, 0.2) is 42.5 Å². The van der Waals surface area contributed by atoms with Crippen LogP contribution in [-0.2, 0) is 6.54 Å². The molecule has 0 amide bonds. The van der Waals surface area contributed by atoms with E-state index in [9.17, 15) is 0 Å². The van der Waals surface area contributed by atoms with E-state index in [0.29, 0.717) is 0 Å². The summed E-state index contributed by atoms with van der Waals surface area (Å²) in [5, 5.41) is 2.62. The molecule has 0 aliphatic rings. The summed E-state index contributed by atoms with van der Waals surface area (Å²) in [6, 6.07) is 15.2. The van der Waals surface area contributed by atoms with Crippen LogP contribution in [0, 0.1) is 0 Å². The summed E-state index contributed by atoms with van der Waals surface area (Å²) in [4.78, 5) is 2.33. The molecule has 0 aromatic heterocycles. The van der Waals surface area contributed by atoms with E-state index in [1.807, 2.05) is 0 Å². The normalized spacial score (nSPS) is 12.3. The second-order valence-electron chi connectivity index (χ2n) is 6.16. The van der Waals surface area contributed by atoms with Crippen LogP contribution in [0.4, 0.5) is 0 Å². The molecule has 19 heavy (non-hydrogen) atoms. The zero-order valence-corrected chi connectivity index (χ0v) is 12.2. The van der Waals surface area contributed by atoms with Gasteiger partial charge in [0.15, 0.2) is 0 Å². The standard InChI is InChI=1S/C17H24N2/c1-17(2,18)10-11-19(3)13-14-8-9-15-6-4-5-7-16(15)12-14/h4-9,12H,10-11,13,18H2,1-3H3. The van der Waals surface area contributed by atoms with Crippen LogP contribution < -0.4 is 5.73 Å². The number of nitrogens with zero attached hydrogens (tertiary/aromatic N) is 1. The van der Waals surface area contributed by atoms with E-state index < -0.39 is 0 Å². The van der Waals surface area contributed by atoms with Crippen LogP contribution in [0.2, 0.25) is 0 Å². The van der Waals surface area contributed by atoms with Gasteiger partial charge in [-0.2, -0.15) is 0 Å². The smallest absolute Gasteiger partial charge is 0.0230 e. The maximum absolute atomic E-state index is 6.02. The Balaban J connectivity index is 2.00. The highest BCUT2D eigenvalue weighted by Gasteiger charge is 2.11. The molecule has 2 aromatic rings. The maximum Gasteiger partial charge on any atom is 0.0230 e. The third-order valence-electron chi connectivity index (χ3n) is 3.40. The first kappa shape index (κ1) is 14.0. The summed E-state index contributed by atoms with van der Waals surface area (Å²) in [7, 11) is 2.15. The number of nitrogens with two attached hydrogens (primary N) is 1. The van der Waals surface area contributed by atoms with Gasteiger partial charge in [-0.3, -0.25) is 0 Å². The zero-order chi connectivity index (χ0) is 13.9. The molecule has 0 aliphatic carbocycles. The third kappa shape index (κ3) is 4.34. The molecule has 0 fully saturated rings. The highest BCUT2D eigenvalue weighted by Crippen LogP contribution is 2.17. The van der Waals surface area contributed by atoms with Crippen molar-refractivity contribution in [1.29, 1.82) is 0 Å². The van der Waals surface area contributed by atoms with Gasteiger partial charge in [0.05, 0.1) is 0 Å². The SMILES string of the molecule is CN(CCC(C)(C)N)Cc1ccc2ccccc2c1. The molecule has 2 rings (SSSR count). The van der Waals surface area contributed by atoms with Gasteiger partial charge in [-0.25, -0.2) is 0 Å². The predicted molar refractivity (Wildman–Crippen MR) is 83.2 cm³/mol. The van der Waals surface area contributed by atoms with Gasteiger partial charge in [-0.05, 0) is 56.3 Å². The van der Waals surface area contributed by atoms with Gasteiger partial charge in [0.2, 0.25) is 0 Å². The summed E-state index contributed by atoms with van der Waals surface area (Å²) < 4.78 is 0. The third-order valence-corrected chi connectivity index (χ3v) is 3.40. The molecule has 0 radical (unpaired) electrons. The fraction of sp³-hybridized carbons (Fsp3) is 0.412. The van der Waals surface area contributed by atoms with E-state index in [1.54, 1.807) is 0 Å². The minimum Gasteiger partial charge on any atom is -0.326 e. The van der Waals surface area contributed by atoms with Crippen LogP contribution >= 0.6 is 0 Å². The Morgan fingerprint density at radius 2 is 1.74 bits per heavy atom. The maximum atomic E-state index is 6.02.